The summed E-state index contributed by atoms with van der Waals surface area (Å²) in [6.45, 7) is 4.39. The van der Waals surface area contributed by atoms with Crippen molar-refractivity contribution in [3.8, 4) is 0 Å². The molecule has 1 heterocycles. The molecule has 0 aromatic heterocycles. The van der Waals surface area contributed by atoms with Crippen LogP contribution in [0.25, 0.3) is 0 Å². The number of fused-ring (bicyclic) bond motifs is 1. The molecule has 1 unspecified atom stereocenters. The molecule has 0 saturated heterocycles. The minimum atomic E-state index is -1.27. The summed E-state index contributed by atoms with van der Waals surface area (Å²) in [7, 11) is 1.31. The Kier molecular flexibility index (Phi) is 6.17. The standard InChI is InChI=1S/C19H25NO5/c1-4-6-13-20-17(22)14-9-7-8-10-15(14)19(20,18(23)25-5-2)12-11-16(21)24-3/h7-10H,4-6,11-13H2,1-3H3. The van der Waals surface area contributed by atoms with Crippen LogP contribution in [0.4, 0.5) is 0 Å². The number of benzene rings is 1. The number of carbonyl (C=O) groups is 3. The van der Waals surface area contributed by atoms with Crippen LogP contribution in [0.15, 0.2) is 24.3 Å². The molecule has 1 aliphatic rings. The van der Waals surface area contributed by atoms with E-state index in [2.05, 4.69) is 0 Å². The normalized spacial score (nSPS) is 18.8. The molecule has 6 nitrogen and oxygen atoms in total. The second-order valence-electron chi connectivity index (χ2n) is 6.01. The molecule has 0 fully saturated rings. The summed E-state index contributed by atoms with van der Waals surface area (Å²) in [5, 5.41) is 0. The maximum atomic E-state index is 13.0. The monoisotopic (exact) mass is 347 g/mol. The molecular weight excluding hydrogens is 322 g/mol. The molecule has 1 atom stereocenters. The van der Waals surface area contributed by atoms with E-state index in [-0.39, 0.29) is 25.4 Å². The lowest BCUT2D eigenvalue weighted by Gasteiger charge is -2.37. The first-order chi connectivity index (χ1) is 12.0. The molecule has 1 amide bonds. The van der Waals surface area contributed by atoms with Crippen molar-refractivity contribution in [2.45, 2.75) is 45.1 Å². The minimum absolute atomic E-state index is 0.0273. The van der Waals surface area contributed by atoms with E-state index in [9.17, 15) is 14.4 Å². The molecule has 0 N–H and O–H groups in total. The molecule has 6 heteroatoms. The SMILES string of the molecule is CCCCN1C(=O)c2ccccc2C1(CCC(=O)OC)C(=O)OCC. The van der Waals surface area contributed by atoms with Crippen molar-refractivity contribution in [1.29, 1.82) is 0 Å². The first kappa shape index (κ1) is 19.0. The summed E-state index contributed by atoms with van der Waals surface area (Å²) in [5.41, 5.74) is -0.164. The van der Waals surface area contributed by atoms with Crippen molar-refractivity contribution in [2.75, 3.05) is 20.3 Å². The van der Waals surface area contributed by atoms with Gasteiger partial charge in [-0.25, -0.2) is 4.79 Å². The zero-order valence-corrected chi connectivity index (χ0v) is 15.0. The van der Waals surface area contributed by atoms with Gasteiger partial charge in [-0.15, -0.1) is 0 Å². The number of nitrogens with zero attached hydrogens (tertiary/aromatic N) is 1. The Labute approximate surface area is 148 Å². The van der Waals surface area contributed by atoms with E-state index in [1.54, 1.807) is 36.1 Å². The van der Waals surface area contributed by atoms with Gasteiger partial charge in [0.05, 0.1) is 13.7 Å². The van der Waals surface area contributed by atoms with Crippen LogP contribution in [0.2, 0.25) is 0 Å². The smallest absolute Gasteiger partial charge is 0.336 e. The number of ether oxygens (including phenoxy) is 2. The van der Waals surface area contributed by atoms with E-state index in [0.717, 1.165) is 12.8 Å². The highest BCUT2D eigenvalue weighted by Gasteiger charge is 2.55. The molecule has 1 aromatic rings. The fraction of sp³-hybridized carbons (Fsp3) is 0.526. The van der Waals surface area contributed by atoms with E-state index >= 15 is 0 Å². The third-order valence-corrected chi connectivity index (χ3v) is 4.58. The molecule has 25 heavy (non-hydrogen) atoms. The van der Waals surface area contributed by atoms with Crippen LogP contribution in [0, 0.1) is 0 Å². The maximum absolute atomic E-state index is 13.0. The second-order valence-corrected chi connectivity index (χ2v) is 6.01. The lowest BCUT2D eigenvalue weighted by Crippen LogP contribution is -2.51. The van der Waals surface area contributed by atoms with E-state index in [0.29, 0.717) is 17.7 Å². The Balaban J connectivity index is 2.54. The number of hydrogen-bond donors (Lipinski definition) is 0. The highest BCUT2D eigenvalue weighted by molar-refractivity contribution is 6.06. The Bertz CT molecular complexity index is 657. The van der Waals surface area contributed by atoms with E-state index in [1.165, 1.54) is 7.11 Å². The quantitative estimate of drug-likeness (QED) is 0.676. The second kappa shape index (κ2) is 8.14. The number of hydrogen-bond acceptors (Lipinski definition) is 5. The zero-order valence-electron chi connectivity index (χ0n) is 15.0. The van der Waals surface area contributed by atoms with Gasteiger partial charge in [-0.1, -0.05) is 31.5 Å². The van der Waals surface area contributed by atoms with Crippen LogP contribution in [0.3, 0.4) is 0 Å². The summed E-state index contributed by atoms with van der Waals surface area (Å²) < 4.78 is 10.1. The van der Waals surface area contributed by atoms with Crippen molar-refractivity contribution >= 4 is 17.8 Å². The van der Waals surface area contributed by atoms with Crippen molar-refractivity contribution in [1.82, 2.24) is 4.90 Å². The number of methoxy groups -OCH3 is 1. The van der Waals surface area contributed by atoms with Crippen molar-refractivity contribution < 1.29 is 23.9 Å². The first-order valence-corrected chi connectivity index (χ1v) is 8.68. The van der Waals surface area contributed by atoms with Gasteiger partial charge in [0.15, 0.2) is 5.54 Å². The Hall–Kier alpha value is -2.37. The number of esters is 2. The van der Waals surface area contributed by atoms with Crippen molar-refractivity contribution in [2.24, 2.45) is 0 Å². The number of rotatable bonds is 8. The minimum Gasteiger partial charge on any atom is -0.469 e. The molecule has 0 bridgehead atoms. The third kappa shape index (κ3) is 3.38. The molecule has 0 spiro atoms. The number of carbonyl (C=O) groups excluding carboxylic acids is 3. The van der Waals surface area contributed by atoms with Gasteiger partial charge in [0, 0.05) is 24.1 Å². The Morgan fingerprint density at radius 1 is 1.20 bits per heavy atom. The van der Waals surface area contributed by atoms with Crippen LogP contribution >= 0.6 is 0 Å². The van der Waals surface area contributed by atoms with Gasteiger partial charge in [-0.2, -0.15) is 0 Å². The predicted octanol–water partition coefficient (Wildman–Crippen LogP) is 2.65. The Morgan fingerprint density at radius 2 is 1.92 bits per heavy atom. The third-order valence-electron chi connectivity index (χ3n) is 4.58. The summed E-state index contributed by atoms with van der Waals surface area (Å²) in [6.07, 6.45) is 1.82. The van der Waals surface area contributed by atoms with Gasteiger partial charge in [0.25, 0.3) is 5.91 Å². The largest absolute Gasteiger partial charge is 0.469 e. The first-order valence-electron chi connectivity index (χ1n) is 8.68. The van der Waals surface area contributed by atoms with E-state index in [1.807, 2.05) is 6.92 Å². The summed E-state index contributed by atoms with van der Waals surface area (Å²) in [4.78, 5) is 39.2. The average molecular weight is 347 g/mol. The van der Waals surface area contributed by atoms with Crippen LogP contribution in [0.1, 0.15) is 55.5 Å². The van der Waals surface area contributed by atoms with Gasteiger partial charge in [0.2, 0.25) is 0 Å². The molecule has 1 aromatic carbocycles. The fourth-order valence-corrected chi connectivity index (χ4v) is 3.33. The van der Waals surface area contributed by atoms with Gasteiger partial charge in [-0.05, 0) is 25.8 Å². The summed E-state index contributed by atoms with van der Waals surface area (Å²) in [6, 6.07) is 7.06. The summed E-state index contributed by atoms with van der Waals surface area (Å²) >= 11 is 0. The van der Waals surface area contributed by atoms with Gasteiger partial charge >= 0.3 is 11.9 Å². The van der Waals surface area contributed by atoms with Gasteiger partial charge in [-0.3, -0.25) is 9.59 Å². The molecule has 2 rings (SSSR count). The van der Waals surface area contributed by atoms with Gasteiger partial charge < -0.3 is 14.4 Å². The lowest BCUT2D eigenvalue weighted by molar-refractivity contribution is -0.158. The Morgan fingerprint density at radius 3 is 2.56 bits per heavy atom. The van der Waals surface area contributed by atoms with Crippen molar-refractivity contribution in [3.63, 3.8) is 0 Å². The number of unbranched alkanes of at least 4 members (excludes halogenated alkanes) is 1. The van der Waals surface area contributed by atoms with Crippen LogP contribution in [-0.2, 0) is 24.6 Å². The van der Waals surface area contributed by atoms with Crippen LogP contribution in [0.5, 0.6) is 0 Å². The zero-order chi connectivity index (χ0) is 18.4. The van der Waals surface area contributed by atoms with Crippen LogP contribution in [-0.4, -0.2) is 43.0 Å². The fourth-order valence-electron chi connectivity index (χ4n) is 3.33. The van der Waals surface area contributed by atoms with Crippen molar-refractivity contribution in [3.05, 3.63) is 35.4 Å². The molecule has 0 radical (unpaired) electrons. The van der Waals surface area contributed by atoms with E-state index < -0.39 is 17.5 Å². The molecule has 1 aliphatic heterocycles. The molecule has 0 aliphatic carbocycles. The van der Waals surface area contributed by atoms with Gasteiger partial charge in [0.1, 0.15) is 0 Å². The predicted molar refractivity (Wildman–Crippen MR) is 91.9 cm³/mol. The molecule has 136 valence electrons. The molecular formula is C19H25NO5. The lowest BCUT2D eigenvalue weighted by atomic mass is 9.85. The number of amides is 1. The topological polar surface area (TPSA) is 72.9 Å². The molecule has 0 saturated carbocycles. The summed E-state index contributed by atoms with van der Waals surface area (Å²) in [5.74, 6) is -1.11. The maximum Gasteiger partial charge on any atom is 0.336 e. The average Bonchev–Trinajstić information content (AvgIpc) is 2.87. The van der Waals surface area contributed by atoms with E-state index in [4.69, 9.17) is 9.47 Å². The highest BCUT2D eigenvalue weighted by Crippen LogP contribution is 2.43. The van der Waals surface area contributed by atoms with Crippen LogP contribution < -0.4 is 0 Å². The highest BCUT2D eigenvalue weighted by atomic mass is 16.5.